The average molecular weight is 241 g/mol. The topological polar surface area (TPSA) is 47.6 Å². The van der Waals surface area contributed by atoms with E-state index < -0.39 is 5.54 Å². The zero-order chi connectivity index (χ0) is 12.3. The van der Waals surface area contributed by atoms with Crippen LogP contribution in [0.5, 0.6) is 0 Å². The van der Waals surface area contributed by atoms with Gasteiger partial charge in [-0.1, -0.05) is 0 Å². The van der Waals surface area contributed by atoms with E-state index in [4.69, 9.17) is 9.47 Å². The van der Waals surface area contributed by atoms with Crippen molar-refractivity contribution in [2.45, 2.75) is 50.7 Å². The molecule has 4 heteroatoms. The number of nitrogens with one attached hydrogen (secondary N) is 1. The van der Waals surface area contributed by atoms with Crippen molar-refractivity contribution in [3.8, 4) is 0 Å². The number of carbonyl (C=O) groups is 1. The largest absolute Gasteiger partial charge is 0.465 e. The van der Waals surface area contributed by atoms with Gasteiger partial charge in [-0.2, -0.15) is 0 Å². The van der Waals surface area contributed by atoms with Crippen molar-refractivity contribution < 1.29 is 14.3 Å². The van der Waals surface area contributed by atoms with Crippen LogP contribution in [0.2, 0.25) is 0 Å². The molecule has 0 spiro atoms. The quantitative estimate of drug-likeness (QED) is 0.716. The Morgan fingerprint density at radius 2 is 2.18 bits per heavy atom. The fraction of sp³-hybridized carbons (Fsp3) is 0.923. The van der Waals surface area contributed by atoms with Crippen molar-refractivity contribution in [2.24, 2.45) is 5.92 Å². The lowest BCUT2D eigenvalue weighted by molar-refractivity contribution is -0.151. The van der Waals surface area contributed by atoms with Gasteiger partial charge < -0.3 is 14.8 Å². The molecule has 0 aromatic heterocycles. The van der Waals surface area contributed by atoms with Crippen molar-refractivity contribution in [3.63, 3.8) is 0 Å². The van der Waals surface area contributed by atoms with Crippen LogP contribution in [-0.4, -0.2) is 37.9 Å². The summed E-state index contributed by atoms with van der Waals surface area (Å²) in [6.07, 6.45) is 5.34. The lowest BCUT2D eigenvalue weighted by atomic mass is 9.98. The molecule has 2 atom stereocenters. The standard InChI is InChI=1S/C13H23NO3/c1-3-16-12(15)13(14-2)7-6-11(8-13)17-9-10-4-5-10/h10-11,14H,3-9H2,1-2H3. The number of hydrogen-bond donors (Lipinski definition) is 1. The SMILES string of the molecule is CCOC(=O)C1(NC)CCC(OCC2CC2)C1. The molecular weight excluding hydrogens is 218 g/mol. The number of rotatable bonds is 6. The van der Waals surface area contributed by atoms with Crippen LogP contribution in [-0.2, 0) is 14.3 Å². The van der Waals surface area contributed by atoms with Gasteiger partial charge in [-0.3, -0.25) is 4.79 Å². The molecule has 1 N–H and O–H groups in total. The van der Waals surface area contributed by atoms with Gasteiger partial charge in [0.25, 0.3) is 0 Å². The summed E-state index contributed by atoms with van der Waals surface area (Å²) in [5.74, 6) is 0.655. The molecule has 0 heterocycles. The minimum absolute atomic E-state index is 0.125. The highest BCUT2D eigenvalue weighted by atomic mass is 16.5. The second-order valence-corrected chi connectivity index (χ2v) is 5.19. The maximum absolute atomic E-state index is 12.0. The molecule has 2 saturated carbocycles. The van der Waals surface area contributed by atoms with Crippen LogP contribution >= 0.6 is 0 Å². The Labute approximate surface area is 103 Å². The molecule has 2 aliphatic rings. The van der Waals surface area contributed by atoms with Crippen LogP contribution in [0.25, 0.3) is 0 Å². The van der Waals surface area contributed by atoms with Gasteiger partial charge in [-0.15, -0.1) is 0 Å². The smallest absolute Gasteiger partial charge is 0.326 e. The molecule has 0 aliphatic heterocycles. The summed E-state index contributed by atoms with van der Waals surface area (Å²) in [6, 6.07) is 0. The molecule has 2 aliphatic carbocycles. The summed E-state index contributed by atoms with van der Waals surface area (Å²) in [4.78, 5) is 12.0. The lowest BCUT2D eigenvalue weighted by Gasteiger charge is -2.26. The molecule has 17 heavy (non-hydrogen) atoms. The summed E-state index contributed by atoms with van der Waals surface area (Å²) in [7, 11) is 1.83. The summed E-state index contributed by atoms with van der Waals surface area (Å²) in [6.45, 7) is 3.15. The van der Waals surface area contributed by atoms with E-state index in [0.717, 1.165) is 31.8 Å². The number of carbonyl (C=O) groups excluding carboxylic acids is 1. The molecule has 0 aromatic carbocycles. The Hall–Kier alpha value is -0.610. The molecule has 2 rings (SSSR count). The maximum atomic E-state index is 12.0. The van der Waals surface area contributed by atoms with Crippen LogP contribution in [0.1, 0.15) is 39.0 Å². The Morgan fingerprint density at radius 1 is 1.41 bits per heavy atom. The first kappa shape index (κ1) is 12.8. The van der Waals surface area contributed by atoms with E-state index in [9.17, 15) is 4.79 Å². The first-order valence-electron chi connectivity index (χ1n) is 6.68. The highest BCUT2D eigenvalue weighted by Gasteiger charge is 2.46. The van der Waals surface area contributed by atoms with Gasteiger partial charge >= 0.3 is 5.97 Å². The van der Waals surface area contributed by atoms with Crippen LogP contribution in [0.4, 0.5) is 0 Å². The third-order valence-corrected chi connectivity index (χ3v) is 3.88. The van der Waals surface area contributed by atoms with Crippen molar-refractivity contribution in [1.82, 2.24) is 5.32 Å². The predicted octanol–water partition coefficient (Wildman–Crippen LogP) is 1.49. The van der Waals surface area contributed by atoms with Crippen molar-refractivity contribution in [3.05, 3.63) is 0 Å². The van der Waals surface area contributed by atoms with Crippen molar-refractivity contribution >= 4 is 5.97 Å². The Balaban J connectivity index is 1.84. The third-order valence-electron chi connectivity index (χ3n) is 3.88. The van der Waals surface area contributed by atoms with E-state index in [-0.39, 0.29) is 12.1 Å². The van der Waals surface area contributed by atoms with E-state index in [1.807, 2.05) is 14.0 Å². The first-order chi connectivity index (χ1) is 8.20. The lowest BCUT2D eigenvalue weighted by Crippen LogP contribution is -2.49. The van der Waals surface area contributed by atoms with Crippen LogP contribution in [0, 0.1) is 5.92 Å². The molecule has 0 aromatic rings. The van der Waals surface area contributed by atoms with Crippen LogP contribution in [0.15, 0.2) is 0 Å². The second-order valence-electron chi connectivity index (χ2n) is 5.19. The van der Waals surface area contributed by atoms with E-state index in [1.54, 1.807) is 0 Å². The highest BCUT2D eigenvalue weighted by molar-refractivity contribution is 5.81. The normalized spacial score (nSPS) is 32.7. The fourth-order valence-corrected chi connectivity index (χ4v) is 2.48. The summed E-state index contributed by atoms with van der Waals surface area (Å²) in [5.41, 5.74) is -0.510. The van der Waals surface area contributed by atoms with Gasteiger partial charge in [0, 0.05) is 13.0 Å². The molecular formula is C13H23NO3. The van der Waals surface area contributed by atoms with Gasteiger partial charge in [0.05, 0.1) is 12.7 Å². The number of esters is 1. The first-order valence-corrected chi connectivity index (χ1v) is 6.68. The van der Waals surface area contributed by atoms with Crippen molar-refractivity contribution in [2.75, 3.05) is 20.3 Å². The second kappa shape index (κ2) is 5.36. The summed E-state index contributed by atoms with van der Waals surface area (Å²) in [5, 5.41) is 3.14. The summed E-state index contributed by atoms with van der Waals surface area (Å²) >= 11 is 0. The van der Waals surface area contributed by atoms with Crippen LogP contribution < -0.4 is 5.32 Å². The van der Waals surface area contributed by atoms with E-state index in [1.165, 1.54) is 12.8 Å². The van der Waals surface area contributed by atoms with Gasteiger partial charge in [0.2, 0.25) is 0 Å². The van der Waals surface area contributed by atoms with E-state index >= 15 is 0 Å². The zero-order valence-electron chi connectivity index (χ0n) is 10.8. The van der Waals surface area contributed by atoms with Gasteiger partial charge in [-0.25, -0.2) is 0 Å². The highest BCUT2D eigenvalue weighted by Crippen LogP contribution is 2.35. The van der Waals surface area contributed by atoms with Crippen LogP contribution in [0.3, 0.4) is 0 Å². The molecule has 0 saturated heterocycles. The van der Waals surface area contributed by atoms with Gasteiger partial charge in [0.15, 0.2) is 0 Å². The maximum Gasteiger partial charge on any atom is 0.326 e. The minimum Gasteiger partial charge on any atom is -0.465 e. The Bertz CT molecular complexity index is 278. The van der Waals surface area contributed by atoms with Gasteiger partial charge in [-0.05, 0) is 45.6 Å². The van der Waals surface area contributed by atoms with E-state index in [2.05, 4.69) is 5.32 Å². The number of ether oxygens (including phenoxy) is 2. The molecule has 0 radical (unpaired) electrons. The van der Waals surface area contributed by atoms with E-state index in [0.29, 0.717) is 6.61 Å². The monoisotopic (exact) mass is 241 g/mol. The van der Waals surface area contributed by atoms with Gasteiger partial charge in [0.1, 0.15) is 5.54 Å². The Kier molecular flexibility index (Phi) is 4.05. The predicted molar refractivity (Wildman–Crippen MR) is 64.7 cm³/mol. The average Bonchev–Trinajstić information content (AvgIpc) is 3.06. The molecule has 2 fully saturated rings. The molecule has 0 bridgehead atoms. The zero-order valence-corrected chi connectivity index (χ0v) is 10.8. The summed E-state index contributed by atoms with van der Waals surface area (Å²) < 4.78 is 11.0. The fourth-order valence-electron chi connectivity index (χ4n) is 2.48. The number of hydrogen-bond acceptors (Lipinski definition) is 4. The molecule has 4 nitrogen and oxygen atoms in total. The Morgan fingerprint density at radius 3 is 2.76 bits per heavy atom. The molecule has 2 unspecified atom stereocenters. The molecule has 98 valence electrons. The minimum atomic E-state index is -0.510. The third kappa shape index (κ3) is 2.99. The molecule has 0 amide bonds. The van der Waals surface area contributed by atoms with Crippen molar-refractivity contribution in [1.29, 1.82) is 0 Å². The number of likely N-dealkylation sites (N-methyl/N-ethyl adjacent to an activating group) is 1.